The summed E-state index contributed by atoms with van der Waals surface area (Å²) >= 11 is 0. The maximum atomic E-state index is 13.1. The number of para-hydroxylation sites is 1. The average Bonchev–Trinajstić information content (AvgIpc) is 2.79. The first kappa shape index (κ1) is 22.0. The third kappa shape index (κ3) is 6.40. The summed E-state index contributed by atoms with van der Waals surface area (Å²) < 4.78 is 18.8. The standard InChI is InChI=1S/C25H25FN2O3/c1-2-23(31-20-14-12-19(26)13-15-20)25(30)28-22-11-7-6-10-21(22)24(29)27-17-16-18-8-4-3-5-9-18/h3-15,23H,2,16-17H2,1H3,(H,27,29)(H,28,30)/t23-/m0/s1. The van der Waals surface area contributed by atoms with Crippen LogP contribution in [-0.4, -0.2) is 24.5 Å². The SMILES string of the molecule is CC[C@H](Oc1ccc(F)cc1)C(=O)Nc1ccccc1C(=O)NCCc1ccccc1. The smallest absolute Gasteiger partial charge is 0.265 e. The van der Waals surface area contributed by atoms with E-state index in [0.29, 0.717) is 36.4 Å². The van der Waals surface area contributed by atoms with E-state index in [1.165, 1.54) is 24.3 Å². The molecule has 160 valence electrons. The highest BCUT2D eigenvalue weighted by Crippen LogP contribution is 2.18. The molecule has 3 rings (SSSR count). The van der Waals surface area contributed by atoms with E-state index in [0.717, 1.165) is 5.56 Å². The predicted octanol–water partition coefficient (Wildman–Crippen LogP) is 4.59. The molecule has 6 heteroatoms. The Hall–Kier alpha value is -3.67. The minimum absolute atomic E-state index is 0.265. The van der Waals surface area contributed by atoms with Gasteiger partial charge in [-0.05, 0) is 54.8 Å². The van der Waals surface area contributed by atoms with Gasteiger partial charge in [-0.15, -0.1) is 0 Å². The maximum Gasteiger partial charge on any atom is 0.265 e. The highest BCUT2D eigenvalue weighted by molar-refractivity contribution is 6.04. The van der Waals surface area contributed by atoms with Gasteiger partial charge < -0.3 is 15.4 Å². The van der Waals surface area contributed by atoms with E-state index in [2.05, 4.69) is 10.6 Å². The van der Waals surface area contributed by atoms with Gasteiger partial charge in [0.2, 0.25) is 0 Å². The minimum Gasteiger partial charge on any atom is -0.481 e. The number of carbonyl (C=O) groups excluding carboxylic acids is 2. The number of anilines is 1. The van der Waals surface area contributed by atoms with Crippen molar-refractivity contribution < 1.29 is 18.7 Å². The predicted molar refractivity (Wildman–Crippen MR) is 119 cm³/mol. The van der Waals surface area contributed by atoms with E-state index in [9.17, 15) is 14.0 Å². The molecule has 2 amide bonds. The normalized spacial score (nSPS) is 11.4. The van der Waals surface area contributed by atoms with Crippen LogP contribution in [0.4, 0.5) is 10.1 Å². The van der Waals surface area contributed by atoms with Gasteiger partial charge in [0.25, 0.3) is 11.8 Å². The van der Waals surface area contributed by atoms with Gasteiger partial charge in [-0.25, -0.2) is 4.39 Å². The Kier molecular flexibility index (Phi) is 7.76. The lowest BCUT2D eigenvalue weighted by Crippen LogP contribution is -2.33. The highest BCUT2D eigenvalue weighted by Gasteiger charge is 2.21. The van der Waals surface area contributed by atoms with E-state index in [1.807, 2.05) is 37.3 Å². The molecule has 0 aliphatic rings. The summed E-state index contributed by atoms with van der Waals surface area (Å²) in [7, 11) is 0. The van der Waals surface area contributed by atoms with Gasteiger partial charge in [0.15, 0.2) is 6.10 Å². The lowest BCUT2D eigenvalue weighted by Gasteiger charge is -2.18. The molecule has 2 N–H and O–H groups in total. The van der Waals surface area contributed by atoms with E-state index < -0.39 is 6.10 Å². The van der Waals surface area contributed by atoms with Crippen LogP contribution in [0.15, 0.2) is 78.9 Å². The lowest BCUT2D eigenvalue weighted by molar-refractivity contribution is -0.122. The van der Waals surface area contributed by atoms with Crippen LogP contribution in [0.1, 0.15) is 29.3 Å². The Morgan fingerprint density at radius 3 is 2.32 bits per heavy atom. The fourth-order valence-electron chi connectivity index (χ4n) is 3.06. The zero-order chi connectivity index (χ0) is 22.1. The second-order valence-corrected chi connectivity index (χ2v) is 6.99. The molecule has 0 unspecified atom stereocenters. The molecule has 0 radical (unpaired) electrons. The molecule has 3 aromatic rings. The summed E-state index contributed by atoms with van der Waals surface area (Å²) in [5, 5.41) is 5.68. The fourth-order valence-corrected chi connectivity index (χ4v) is 3.06. The Bertz CT molecular complexity index is 1010. The van der Waals surface area contributed by atoms with Crippen molar-refractivity contribution in [1.29, 1.82) is 0 Å². The molecule has 31 heavy (non-hydrogen) atoms. The van der Waals surface area contributed by atoms with Gasteiger partial charge in [-0.1, -0.05) is 49.4 Å². The molecule has 3 aromatic carbocycles. The molecule has 0 spiro atoms. The van der Waals surface area contributed by atoms with E-state index in [1.54, 1.807) is 24.3 Å². The summed E-state index contributed by atoms with van der Waals surface area (Å²) in [6, 6.07) is 22.2. The van der Waals surface area contributed by atoms with E-state index >= 15 is 0 Å². The molecule has 0 heterocycles. The molecular formula is C25H25FN2O3. The molecule has 0 aliphatic heterocycles. The van der Waals surface area contributed by atoms with Crippen molar-refractivity contribution >= 4 is 17.5 Å². The molecule has 1 atom stereocenters. The van der Waals surface area contributed by atoms with Crippen LogP contribution < -0.4 is 15.4 Å². The zero-order valence-electron chi connectivity index (χ0n) is 17.3. The number of ether oxygens (including phenoxy) is 1. The summed E-state index contributed by atoms with van der Waals surface area (Å²) in [6.07, 6.45) is 0.346. The van der Waals surface area contributed by atoms with Crippen molar-refractivity contribution in [3.05, 3.63) is 95.8 Å². The second kappa shape index (κ2) is 10.9. The summed E-state index contributed by atoms with van der Waals surface area (Å²) in [5.41, 5.74) is 1.92. The number of hydrogen-bond acceptors (Lipinski definition) is 3. The van der Waals surface area contributed by atoms with E-state index in [-0.39, 0.29) is 17.6 Å². The fraction of sp³-hybridized carbons (Fsp3) is 0.200. The Morgan fingerprint density at radius 1 is 0.935 bits per heavy atom. The van der Waals surface area contributed by atoms with Gasteiger partial charge >= 0.3 is 0 Å². The summed E-state index contributed by atoms with van der Waals surface area (Å²) in [6.45, 7) is 2.30. The third-order valence-electron chi connectivity index (χ3n) is 4.73. The van der Waals surface area contributed by atoms with Crippen LogP contribution in [0.25, 0.3) is 0 Å². The van der Waals surface area contributed by atoms with Crippen molar-refractivity contribution in [1.82, 2.24) is 5.32 Å². The molecule has 0 saturated carbocycles. The summed E-state index contributed by atoms with van der Waals surface area (Å²) in [4.78, 5) is 25.4. The molecule has 0 saturated heterocycles. The topological polar surface area (TPSA) is 67.4 Å². The molecule has 0 bridgehead atoms. The maximum absolute atomic E-state index is 13.1. The number of amides is 2. The molecule has 0 fully saturated rings. The van der Waals surface area contributed by atoms with Gasteiger partial charge in [0.1, 0.15) is 11.6 Å². The number of benzene rings is 3. The van der Waals surface area contributed by atoms with Gasteiger partial charge in [-0.2, -0.15) is 0 Å². The van der Waals surface area contributed by atoms with Crippen molar-refractivity contribution in [3.8, 4) is 5.75 Å². The Labute approximate surface area is 181 Å². The van der Waals surface area contributed by atoms with Crippen molar-refractivity contribution in [3.63, 3.8) is 0 Å². The molecule has 5 nitrogen and oxygen atoms in total. The molecule has 0 aliphatic carbocycles. The van der Waals surface area contributed by atoms with Crippen molar-refractivity contribution in [2.45, 2.75) is 25.9 Å². The molecular weight excluding hydrogens is 395 g/mol. The monoisotopic (exact) mass is 420 g/mol. The summed E-state index contributed by atoms with van der Waals surface area (Å²) in [5.74, 6) is -0.622. The third-order valence-corrected chi connectivity index (χ3v) is 4.73. The van der Waals surface area contributed by atoms with Crippen LogP contribution in [0.2, 0.25) is 0 Å². The Balaban J connectivity index is 1.62. The first-order valence-electron chi connectivity index (χ1n) is 10.2. The van der Waals surface area contributed by atoms with Crippen LogP contribution >= 0.6 is 0 Å². The number of carbonyl (C=O) groups is 2. The molecule has 0 aromatic heterocycles. The van der Waals surface area contributed by atoms with Crippen LogP contribution in [0, 0.1) is 5.82 Å². The minimum atomic E-state index is -0.778. The zero-order valence-corrected chi connectivity index (χ0v) is 17.3. The van der Waals surface area contributed by atoms with Gasteiger partial charge in [0.05, 0.1) is 11.3 Å². The van der Waals surface area contributed by atoms with Crippen LogP contribution in [-0.2, 0) is 11.2 Å². The van der Waals surface area contributed by atoms with Crippen LogP contribution in [0.3, 0.4) is 0 Å². The Morgan fingerprint density at radius 2 is 1.61 bits per heavy atom. The number of nitrogens with one attached hydrogen (secondary N) is 2. The quantitative estimate of drug-likeness (QED) is 0.532. The second-order valence-electron chi connectivity index (χ2n) is 6.99. The first-order chi connectivity index (χ1) is 15.1. The van der Waals surface area contributed by atoms with Crippen LogP contribution in [0.5, 0.6) is 5.75 Å². The van der Waals surface area contributed by atoms with E-state index in [4.69, 9.17) is 4.74 Å². The van der Waals surface area contributed by atoms with Gasteiger partial charge in [-0.3, -0.25) is 9.59 Å². The first-order valence-corrected chi connectivity index (χ1v) is 10.2. The number of halogens is 1. The van der Waals surface area contributed by atoms with Gasteiger partial charge in [0, 0.05) is 6.54 Å². The number of rotatable bonds is 9. The van der Waals surface area contributed by atoms with Crippen molar-refractivity contribution in [2.75, 3.05) is 11.9 Å². The highest BCUT2D eigenvalue weighted by atomic mass is 19.1. The average molecular weight is 420 g/mol. The van der Waals surface area contributed by atoms with Crippen molar-refractivity contribution in [2.24, 2.45) is 0 Å². The largest absolute Gasteiger partial charge is 0.481 e. The lowest BCUT2D eigenvalue weighted by atomic mass is 10.1. The number of hydrogen-bond donors (Lipinski definition) is 2.